The molecule has 0 bridgehead atoms. The van der Waals surface area contributed by atoms with Crippen LogP contribution in [-0.2, 0) is 46.2 Å². The summed E-state index contributed by atoms with van der Waals surface area (Å²) in [5.41, 5.74) is 0. The van der Waals surface area contributed by atoms with Gasteiger partial charge < -0.3 is 82.7 Å². The van der Waals surface area contributed by atoms with Crippen molar-refractivity contribution in [3.8, 4) is 0 Å². The van der Waals surface area contributed by atoms with Crippen molar-refractivity contribution < 1.29 is 132 Å². The van der Waals surface area contributed by atoms with E-state index in [0.29, 0.717) is 0 Å². The standard InChI is InChI=1S/2Al.5H3O5P.2H2O.2Pb/c;;5*1-5-6(2,3)4;;;;/h;;5*1H,(H2,2,3,4);2*1H2;;/q2*+3;;;;;;;;2*+2/p-10. The van der Waals surface area contributed by atoms with Crippen molar-refractivity contribution in [1.29, 1.82) is 0 Å². The van der Waals surface area contributed by atoms with Crippen LogP contribution >= 0.6 is 39.1 Å². The second kappa shape index (κ2) is 36.2. The van der Waals surface area contributed by atoms with Crippen molar-refractivity contribution in [3.05, 3.63) is 0 Å². The topological polar surface area (TPSA) is 526 Å². The first-order valence-electron chi connectivity index (χ1n) is 4.56. The molecule has 0 aliphatic carbocycles. The maximum absolute atomic E-state index is 9.00. The maximum Gasteiger partial charge on any atom is 3.00 e. The zero-order valence-electron chi connectivity index (χ0n) is 15.8. The monoisotopic (exact) mass is 1070 g/mol. The molecule has 0 unspecified atom stereocenters. The van der Waals surface area contributed by atoms with Crippen molar-refractivity contribution >= 4 is 128 Å². The van der Waals surface area contributed by atoms with Crippen LogP contribution in [0.25, 0.3) is 0 Å². The van der Waals surface area contributed by atoms with Gasteiger partial charge in [-0.25, -0.2) is 49.7 Å². The molecule has 0 fully saturated rings. The summed E-state index contributed by atoms with van der Waals surface area (Å²) >= 11 is 0. The van der Waals surface area contributed by atoms with E-state index in [9.17, 15) is 0 Å². The van der Waals surface area contributed by atoms with E-state index in [2.05, 4.69) is 23.4 Å². The Morgan fingerprint density at radius 2 is 0.389 bits per heavy atom. The Hall–Kier alpha value is 3.18. The van der Waals surface area contributed by atoms with Gasteiger partial charge in [-0.15, -0.1) is 0 Å². The van der Waals surface area contributed by atoms with E-state index in [1.54, 1.807) is 0 Å². The molecule has 0 spiro atoms. The molecule has 36 heteroatoms. The number of phosphoric acid groups is 5. The Kier molecular flexibility index (Phi) is 72.3. The fourth-order valence-electron chi connectivity index (χ4n) is 0. The van der Waals surface area contributed by atoms with E-state index in [1.165, 1.54) is 0 Å². The van der Waals surface area contributed by atoms with Crippen LogP contribution in [0.4, 0.5) is 0 Å². The van der Waals surface area contributed by atoms with Gasteiger partial charge in [0, 0.05) is 0 Å². The van der Waals surface area contributed by atoms with Crippen molar-refractivity contribution in [2.75, 3.05) is 0 Å². The maximum atomic E-state index is 9.00. The number of rotatable bonds is 5. The summed E-state index contributed by atoms with van der Waals surface area (Å²) in [5, 5.41) is 35.1. The van der Waals surface area contributed by atoms with Crippen LogP contribution in [0.5, 0.6) is 0 Å². The minimum atomic E-state index is -5.09. The van der Waals surface area contributed by atoms with Crippen molar-refractivity contribution in [1.82, 2.24) is 0 Å². The fourth-order valence-corrected chi connectivity index (χ4v) is 0. The first-order chi connectivity index (χ1) is 12.8. The summed E-state index contributed by atoms with van der Waals surface area (Å²) < 4.78 is 56.9. The summed E-state index contributed by atoms with van der Waals surface area (Å²) in [7, 11) is -25.5. The first kappa shape index (κ1) is 71.9. The Labute approximate surface area is 259 Å². The van der Waals surface area contributed by atoms with Crippen molar-refractivity contribution in [2.45, 2.75) is 0 Å². The molecule has 27 nitrogen and oxygen atoms in total. The predicted octanol–water partition coefficient (Wildman–Crippen LogP) is -11.6. The molecule has 36 heavy (non-hydrogen) atoms. The SMILES string of the molecule is O.O.O=P([O-])([O-])OO.O=P([O-])([O-])OO.O=P([O-])([O-])OO.O=P([O-])([O-])OO.O=P([O-])([O-])OO.[Al+3].[Al+3].[Pb+2].[Pb+2]. The molecule has 0 aromatic rings. The molecule has 0 saturated heterocycles. The van der Waals surface area contributed by atoms with Gasteiger partial charge >= 0.3 is 89.3 Å². The second-order valence-corrected chi connectivity index (χ2v) is 7.93. The van der Waals surface area contributed by atoms with Gasteiger partial charge in [0.1, 0.15) is 0 Å². The summed E-state index contributed by atoms with van der Waals surface area (Å²) in [4.78, 5) is 90.0. The third-order valence-corrected chi connectivity index (χ3v) is 1.50. The summed E-state index contributed by atoms with van der Waals surface area (Å²) in [5.74, 6) is 0. The third kappa shape index (κ3) is 147. The Morgan fingerprint density at radius 1 is 0.361 bits per heavy atom. The van der Waals surface area contributed by atoms with Crippen LogP contribution in [0.1, 0.15) is 0 Å². The van der Waals surface area contributed by atoms with Crippen molar-refractivity contribution in [2.24, 2.45) is 0 Å². The van der Waals surface area contributed by atoms with E-state index in [0.717, 1.165) is 0 Å². The minimum absolute atomic E-state index is 0. The van der Waals surface area contributed by atoms with Gasteiger partial charge in [-0.2, -0.15) is 0 Å². The molecule has 9 N–H and O–H groups in total. The van der Waals surface area contributed by atoms with E-state index < -0.39 is 39.1 Å². The van der Waals surface area contributed by atoms with Gasteiger partial charge in [-0.05, 0) is 0 Å². The Balaban J connectivity index is -0.0000000231. The molecule has 0 amide bonds. The van der Waals surface area contributed by atoms with Gasteiger partial charge in [0.25, 0.3) is 0 Å². The molecular weight excluding hydrogens is 1060 g/mol. The Bertz CT molecular complexity index is 490. The molecule has 0 heterocycles. The molecule has 0 aromatic carbocycles. The molecule has 4 radical (unpaired) electrons. The smallest absolute Gasteiger partial charge is 0.788 e. The fraction of sp³-hybridized carbons (Fsp3) is 0. The molecule has 0 aliphatic heterocycles. The van der Waals surface area contributed by atoms with Gasteiger partial charge in [-0.1, -0.05) is 0 Å². The quantitative estimate of drug-likeness (QED) is 0.0739. The minimum Gasteiger partial charge on any atom is -0.788 e. The summed E-state index contributed by atoms with van der Waals surface area (Å²) in [6.07, 6.45) is 0. The van der Waals surface area contributed by atoms with Crippen LogP contribution in [0.2, 0.25) is 0 Å². The molecular formula is H9Al2O27P5Pb2. The van der Waals surface area contributed by atoms with E-state index in [4.69, 9.17) is 98.0 Å². The number of hydrogen-bond donors (Lipinski definition) is 5. The molecule has 0 aliphatic rings. The summed E-state index contributed by atoms with van der Waals surface area (Å²) in [6, 6.07) is 0. The third-order valence-electron chi connectivity index (χ3n) is 0.500. The zero-order valence-corrected chi connectivity index (χ0v) is 30.3. The van der Waals surface area contributed by atoms with Crippen LogP contribution in [0.15, 0.2) is 0 Å². The number of hydrogen-bond acceptors (Lipinski definition) is 25. The zero-order chi connectivity index (χ0) is 26.0. The largest absolute Gasteiger partial charge is 3.00 e. The molecule has 0 saturated carbocycles. The van der Waals surface area contributed by atoms with Gasteiger partial charge in [0.2, 0.25) is 0 Å². The Morgan fingerprint density at radius 3 is 0.389 bits per heavy atom. The predicted molar refractivity (Wildman–Crippen MR) is 86.8 cm³/mol. The normalized spacial score (nSPS) is 9.86. The molecule has 210 valence electrons. The van der Waals surface area contributed by atoms with Crippen LogP contribution in [0, 0.1) is 0 Å². The molecule has 0 atom stereocenters. The first-order valence-corrected chi connectivity index (χ1v) is 11.9. The van der Waals surface area contributed by atoms with Gasteiger partial charge in [0.15, 0.2) is 0 Å². The average Bonchev–Trinajstić information content (AvgIpc) is 2.54. The van der Waals surface area contributed by atoms with Crippen LogP contribution in [-0.4, -0.2) is 127 Å². The van der Waals surface area contributed by atoms with E-state index in [-0.39, 0.29) is 100 Å². The van der Waals surface area contributed by atoms with E-state index in [1.807, 2.05) is 0 Å². The molecule has 0 rings (SSSR count). The van der Waals surface area contributed by atoms with Gasteiger partial charge in [-0.3, -0.25) is 0 Å². The van der Waals surface area contributed by atoms with Gasteiger partial charge in [0.05, 0.1) is 39.1 Å². The molecule has 0 aromatic heterocycles. The van der Waals surface area contributed by atoms with Crippen molar-refractivity contribution in [3.63, 3.8) is 0 Å². The van der Waals surface area contributed by atoms with Crippen LogP contribution < -0.4 is 48.9 Å². The average molecular weight is 1060 g/mol. The second-order valence-electron chi connectivity index (χ2n) is 2.64. The van der Waals surface area contributed by atoms with Crippen LogP contribution in [0.3, 0.4) is 0 Å². The van der Waals surface area contributed by atoms with E-state index >= 15 is 0 Å². The summed E-state index contributed by atoms with van der Waals surface area (Å²) in [6.45, 7) is 0.